The number of aromatic nitrogens is 2. The standard InChI is InChI=1S/C16H12N6O4S/c17-15(24)21(20-14(23)10-4-6-18-7-5-10)16-19-13(9-27-16)11-2-1-3-12(8-11)22(25)26/h1-9H,(H2,17,24)(H,20,23). The number of anilines is 1. The average molecular weight is 384 g/mol. The first kappa shape index (κ1) is 17.9. The van der Waals surface area contributed by atoms with Gasteiger partial charge in [-0.05, 0) is 12.1 Å². The van der Waals surface area contributed by atoms with Crippen molar-refractivity contribution in [3.63, 3.8) is 0 Å². The fraction of sp³-hybridized carbons (Fsp3) is 0. The lowest BCUT2D eigenvalue weighted by molar-refractivity contribution is -0.384. The minimum atomic E-state index is -0.933. The second-order valence-electron chi connectivity index (χ2n) is 5.17. The van der Waals surface area contributed by atoms with Gasteiger partial charge in [-0.2, -0.15) is 5.01 Å². The van der Waals surface area contributed by atoms with Crippen LogP contribution in [0.3, 0.4) is 0 Å². The van der Waals surface area contributed by atoms with Gasteiger partial charge in [0, 0.05) is 41.0 Å². The van der Waals surface area contributed by atoms with Crippen molar-refractivity contribution in [3.8, 4) is 11.3 Å². The molecule has 11 heteroatoms. The SMILES string of the molecule is NC(=O)N(NC(=O)c1ccncc1)c1nc(-c2cccc([N+](=O)[O-])c2)cs1. The first-order valence-electron chi connectivity index (χ1n) is 7.46. The van der Waals surface area contributed by atoms with Crippen LogP contribution in [-0.2, 0) is 0 Å². The Balaban J connectivity index is 1.86. The number of carbonyl (C=O) groups is 2. The van der Waals surface area contributed by atoms with Gasteiger partial charge >= 0.3 is 6.03 Å². The number of amides is 3. The van der Waals surface area contributed by atoms with Crippen molar-refractivity contribution >= 4 is 34.1 Å². The van der Waals surface area contributed by atoms with Crippen molar-refractivity contribution in [2.75, 3.05) is 5.01 Å². The van der Waals surface area contributed by atoms with Crippen LogP contribution in [0, 0.1) is 10.1 Å². The van der Waals surface area contributed by atoms with E-state index in [1.54, 1.807) is 11.4 Å². The van der Waals surface area contributed by atoms with E-state index in [0.29, 0.717) is 11.3 Å². The Bertz CT molecular complexity index is 1010. The number of hydrogen-bond acceptors (Lipinski definition) is 7. The predicted octanol–water partition coefficient (Wildman–Crippen LogP) is 2.34. The van der Waals surface area contributed by atoms with Crippen LogP contribution >= 0.6 is 11.3 Å². The van der Waals surface area contributed by atoms with Gasteiger partial charge in [-0.15, -0.1) is 11.3 Å². The monoisotopic (exact) mass is 384 g/mol. The van der Waals surface area contributed by atoms with E-state index in [0.717, 1.165) is 16.3 Å². The Morgan fingerprint density at radius 3 is 2.63 bits per heavy atom. The van der Waals surface area contributed by atoms with Crippen molar-refractivity contribution < 1.29 is 14.5 Å². The molecule has 0 unspecified atom stereocenters. The van der Waals surface area contributed by atoms with Gasteiger partial charge in [-0.3, -0.25) is 25.3 Å². The molecule has 0 saturated heterocycles. The number of rotatable bonds is 4. The maximum Gasteiger partial charge on any atom is 0.340 e. The first-order chi connectivity index (χ1) is 13.0. The minimum Gasteiger partial charge on any atom is -0.350 e. The summed E-state index contributed by atoms with van der Waals surface area (Å²) in [7, 11) is 0. The van der Waals surface area contributed by atoms with Crippen molar-refractivity contribution in [3.05, 3.63) is 69.8 Å². The molecule has 3 amide bonds. The van der Waals surface area contributed by atoms with Crippen LogP contribution in [0.1, 0.15) is 10.4 Å². The van der Waals surface area contributed by atoms with Crippen LogP contribution in [0.2, 0.25) is 0 Å². The zero-order chi connectivity index (χ0) is 19.4. The van der Waals surface area contributed by atoms with E-state index in [9.17, 15) is 19.7 Å². The summed E-state index contributed by atoms with van der Waals surface area (Å²) in [4.78, 5) is 42.5. The van der Waals surface area contributed by atoms with Gasteiger partial charge < -0.3 is 5.73 Å². The summed E-state index contributed by atoms with van der Waals surface area (Å²) < 4.78 is 0. The number of nitrogens with two attached hydrogens (primary N) is 1. The number of hydrogen-bond donors (Lipinski definition) is 2. The van der Waals surface area contributed by atoms with Crippen molar-refractivity contribution in [1.82, 2.24) is 15.4 Å². The third kappa shape index (κ3) is 4.04. The first-order valence-corrected chi connectivity index (χ1v) is 8.34. The largest absolute Gasteiger partial charge is 0.350 e. The molecule has 1 aromatic carbocycles. The molecule has 2 aromatic heterocycles. The average Bonchev–Trinajstić information content (AvgIpc) is 3.16. The lowest BCUT2D eigenvalue weighted by Gasteiger charge is -2.17. The Labute approximate surface area is 156 Å². The fourth-order valence-corrected chi connectivity index (χ4v) is 2.94. The molecule has 0 aliphatic carbocycles. The lowest BCUT2D eigenvalue weighted by atomic mass is 10.1. The quantitative estimate of drug-likeness (QED) is 0.522. The van der Waals surface area contributed by atoms with E-state index in [1.807, 2.05) is 0 Å². The zero-order valence-electron chi connectivity index (χ0n) is 13.6. The van der Waals surface area contributed by atoms with E-state index >= 15 is 0 Å². The lowest BCUT2D eigenvalue weighted by Crippen LogP contribution is -2.49. The highest BCUT2D eigenvalue weighted by Gasteiger charge is 2.21. The van der Waals surface area contributed by atoms with Crippen molar-refractivity contribution in [2.24, 2.45) is 5.73 Å². The summed E-state index contributed by atoms with van der Waals surface area (Å²) in [6.45, 7) is 0. The molecule has 0 fully saturated rings. The third-order valence-electron chi connectivity index (χ3n) is 3.41. The molecule has 0 radical (unpaired) electrons. The number of hydrazine groups is 1. The molecular weight excluding hydrogens is 372 g/mol. The van der Waals surface area contributed by atoms with E-state index in [2.05, 4.69) is 15.4 Å². The van der Waals surface area contributed by atoms with Crippen molar-refractivity contribution in [2.45, 2.75) is 0 Å². The summed E-state index contributed by atoms with van der Waals surface area (Å²) in [5.41, 5.74) is 8.82. The van der Waals surface area contributed by atoms with Crippen molar-refractivity contribution in [1.29, 1.82) is 0 Å². The number of nitrogens with one attached hydrogen (secondary N) is 1. The molecular formula is C16H12N6O4S. The Kier molecular flexibility index (Phi) is 5.04. The van der Waals surface area contributed by atoms with Crippen LogP contribution in [0.15, 0.2) is 54.2 Å². The molecule has 27 heavy (non-hydrogen) atoms. The number of pyridine rings is 1. The number of nitrogens with zero attached hydrogens (tertiary/aromatic N) is 4. The molecule has 0 aliphatic heterocycles. The molecule has 3 N–H and O–H groups in total. The maximum atomic E-state index is 12.2. The molecule has 0 saturated carbocycles. The van der Waals surface area contributed by atoms with Gasteiger partial charge in [-0.1, -0.05) is 12.1 Å². The molecule has 10 nitrogen and oxygen atoms in total. The topological polar surface area (TPSA) is 144 Å². The third-order valence-corrected chi connectivity index (χ3v) is 4.24. The van der Waals surface area contributed by atoms with Crippen LogP contribution in [0.4, 0.5) is 15.6 Å². The molecule has 3 rings (SSSR count). The maximum absolute atomic E-state index is 12.2. The van der Waals surface area contributed by atoms with E-state index in [-0.39, 0.29) is 16.4 Å². The van der Waals surface area contributed by atoms with Crippen LogP contribution < -0.4 is 16.2 Å². The Morgan fingerprint density at radius 2 is 1.96 bits per heavy atom. The molecule has 136 valence electrons. The fourth-order valence-electron chi connectivity index (χ4n) is 2.14. The smallest absolute Gasteiger partial charge is 0.340 e. The number of nitro groups is 1. The number of thiazole rings is 1. The molecule has 2 heterocycles. The van der Waals surface area contributed by atoms with Gasteiger partial charge in [0.15, 0.2) is 0 Å². The summed E-state index contributed by atoms with van der Waals surface area (Å²) in [5, 5.41) is 13.4. The van der Waals surface area contributed by atoms with Gasteiger partial charge in [0.25, 0.3) is 11.6 Å². The second kappa shape index (κ2) is 7.58. The van der Waals surface area contributed by atoms with Gasteiger partial charge in [0.2, 0.25) is 5.13 Å². The summed E-state index contributed by atoms with van der Waals surface area (Å²) in [6.07, 6.45) is 2.88. The van der Waals surface area contributed by atoms with E-state index in [1.165, 1.54) is 42.7 Å². The summed E-state index contributed by atoms with van der Waals surface area (Å²) >= 11 is 1.05. The van der Waals surface area contributed by atoms with Gasteiger partial charge in [0.05, 0.1) is 10.6 Å². The number of carbonyl (C=O) groups excluding carboxylic acids is 2. The molecule has 0 atom stereocenters. The highest BCUT2D eigenvalue weighted by Crippen LogP contribution is 2.28. The number of primary amides is 1. The Morgan fingerprint density at radius 1 is 1.22 bits per heavy atom. The van der Waals surface area contributed by atoms with Gasteiger partial charge in [0.1, 0.15) is 0 Å². The summed E-state index contributed by atoms with van der Waals surface area (Å²) in [6, 6.07) is 7.93. The normalized spacial score (nSPS) is 10.2. The molecule has 0 aliphatic rings. The predicted molar refractivity (Wildman–Crippen MR) is 98.0 cm³/mol. The van der Waals surface area contributed by atoms with E-state index < -0.39 is 16.9 Å². The van der Waals surface area contributed by atoms with Crippen LogP contribution in [0.5, 0.6) is 0 Å². The van der Waals surface area contributed by atoms with E-state index in [4.69, 9.17) is 5.73 Å². The van der Waals surface area contributed by atoms with Crippen LogP contribution in [-0.4, -0.2) is 26.8 Å². The zero-order valence-corrected chi connectivity index (χ0v) is 14.4. The molecule has 0 bridgehead atoms. The summed E-state index contributed by atoms with van der Waals surface area (Å²) in [5.74, 6) is -0.566. The number of nitro benzene ring substituents is 1. The Hall–Kier alpha value is -3.86. The van der Waals surface area contributed by atoms with Crippen LogP contribution in [0.25, 0.3) is 11.3 Å². The minimum absolute atomic E-state index is 0.0835. The number of urea groups is 1. The van der Waals surface area contributed by atoms with Gasteiger partial charge in [-0.25, -0.2) is 9.78 Å². The highest BCUT2D eigenvalue weighted by molar-refractivity contribution is 7.14. The number of benzene rings is 1. The second-order valence-corrected chi connectivity index (χ2v) is 6.01. The molecule has 0 spiro atoms. The molecule has 3 aromatic rings. The number of non-ortho nitro benzene ring substituents is 1. The highest BCUT2D eigenvalue weighted by atomic mass is 32.1.